The van der Waals surface area contributed by atoms with E-state index in [-0.39, 0.29) is 0 Å². The minimum Gasteiger partial charge on any atom is -0.494 e. The Bertz CT molecular complexity index is 412. The van der Waals surface area contributed by atoms with Crippen molar-refractivity contribution >= 4 is 12.9 Å². The van der Waals surface area contributed by atoms with Crippen LogP contribution in [0.25, 0.3) is 4.98 Å². The average Bonchev–Trinajstić information content (AvgIpc) is 2.41. The lowest BCUT2D eigenvalue weighted by Crippen LogP contribution is -2.02. The van der Waals surface area contributed by atoms with Crippen LogP contribution in [0.3, 0.4) is 0 Å². The van der Waals surface area contributed by atoms with Crippen LogP contribution in [0.1, 0.15) is 39.0 Å². The lowest BCUT2D eigenvalue weighted by atomic mass is 10.2. The van der Waals surface area contributed by atoms with Crippen molar-refractivity contribution < 1.29 is 22.0 Å². The summed E-state index contributed by atoms with van der Waals surface area (Å²) in [4.78, 5) is 3.09. The number of hydrogen-bond donors (Lipinski definition) is 0. The average molecular weight is 306 g/mol. The summed E-state index contributed by atoms with van der Waals surface area (Å²) in [6, 6.07) is 7.10. The topological polar surface area (TPSA) is 37.4 Å². The van der Waals surface area contributed by atoms with Crippen LogP contribution < -0.4 is 4.74 Å². The predicted octanol–water partition coefficient (Wildman–Crippen LogP) is 5.82. The van der Waals surface area contributed by atoms with E-state index in [1.165, 1.54) is 25.7 Å². The van der Waals surface area contributed by atoms with Crippen molar-refractivity contribution in [1.29, 1.82) is 5.39 Å². The van der Waals surface area contributed by atoms with Gasteiger partial charge in [-0.1, -0.05) is 32.6 Å². The summed E-state index contributed by atoms with van der Waals surface area (Å²) in [6.45, 7) is 2.98. The molecule has 0 aliphatic rings. The number of hydrogen-bond acceptors (Lipinski definition) is 2. The van der Waals surface area contributed by atoms with Crippen molar-refractivity contribution in [1.82, 2.24) is 0 Å². The molecule has 1 aromatic rings. The summed E-state index contributed by atoms with van der Waals surface area (Å²) in [6.07, 6.45) is 6.21. The van der Waals surface area contributed by atoms with Gasteiger partial charge in [0, 0.05) is 12.1 Å². The third-order valence-electron chi connectivity index (χ3n) is 2.47. The molecule has 0 aliphatic carbocycles. The van der Waals surface area contributed by atoms with Gasteiger partial charge in [-0.15, -0.1) is 0 Å². The van der Waals surface area contributed by atoms with Gasteiger partial charge in [-0.3, -0.25) is 0 Å². The van der Waals surface area contributed by atoms with Gasteiger partial charge in [0.05, 0.1) is 6.61 Å². The molecule has 0 saturated heterocycles. The highest BCUT2D eigenvalue weighted by atomic mass is 19.5. The van der Waals surface area contributed by atoms with Crippen molar-refractivity contribution in [2.45, 2.75) is 39.0 Å². The Morgan fingerprint density at radius 3 is 2.00 bits per heavy atom. The van der Waals surface area contributed by atoms with Crippen LogP contribution in [-0.4, -0.2) is 13.9 Å². The molecular weight excluding hydrogens is 287 g/mol. The second kappa shape index (κ2) is 10.9. The minimum absolute atomic E-state index is 0.551. The maximum absolute atomic E-state index is 9.75. The fourth-order valence-corrected chi connectivity index (χ4v) is 1.50. The van der Waals surface area contributed by atoms with E-state index < -0.39 is 7.25 Å². The molecule has 8 heteroatoms. The van der Waals surface area contributed by atoms with Crippen molar-refractivity contribution in [2.24, 2.45) is 0 Å². The normalized spacial score (nSPS) is 10.3. The summed E-state index contributed by atoms with van der Waals surface area (Å²) < 4.78 is 44.6. The molecule has 3 nitrogen and oxygen atoms in total. The van der Waals surface area contributed by atoms with E-state index in [9.17, 15) is 17.3 Å². The van der Waals surface area contributed by atoms with Crippen LogP contribution in [0.2, 0.25) is 0 Å². The maximum atomic E-state index is 9.75. The predicted molar refractivity (Wildman–Crippen MR) is 75.6 cm³/mol. The zero-order valence-corrected chi connectivity index (χ0v) is 11.9. The highest BCUT2D eigenvalue weighted by molar-refractivity contribution is 6.50. The third-order valence-corrected chi connectivity index (χ3v) is 2.47. The first kappa shape index (κ1) is 19.2. The van der Waals surface area contributed by atoms with Gasteiger partial charge in [-0.2, -0.15) is 0 Å². The maximum Gasteiger partial charge on any atom is 0.673 e. The molecule has 118 valence electrons. The fraction of sp³-hybridized carbons (Fsp3) is 0.538. The van der Waals surface area contributed by atoms with Gasteiger partial charge in [0.1, 0.15) is 5.75 Å². The van der Waals surface area contributed by atoms with Crippen LogP contribution in [0, 0.1) is 5.39 Å². The Morgan fingerprint density at radius 1 is 1.00 bits per heavy atom. The molecule has 21 heavy (non-hydrogen) atoms. The van der Waals surface area contributed by atoms with Gasteiger partial charge in [0.15, 0.2) is 4.98 Å². The number of diazo groups is 1. The van der Waals surface area contributed by atoms with Crippen molar-refractivity contribution in [3.8, 4) is 5.75 Å². The number of unbranched alkanes of at least 4 members (excludes halogenated alkanes) is 4. The first-order chi connectivity index (χ1) is 9.86. The second-order valence-electron chi connectivity index (χ2n) is 4.35. The molecule has 0 N–H and O–H groups in total. The molecular formula is C13H19BF4N2O. The Balaban J connectivity index is 0.000000690. The lowest BCUT2D eigenvalue weighted by molar-refractivity contribution is 0.304. The summed E-state index contributed by atoms with van der Waals surface area (Å²) in [5, 5.41) is 8.51. The highest BCUT2D eigenvalue weighted by Crippen LogP contribution is 2.18. The summed E-state index contributed by atoms with van der Waals surface area (Å²) >= 11 is 0. The Hall–Kier alpha value is -1.78. The van der Waals surface area contributed by atoms with Gasteiger partial charge >= 0.3 is 12.9 Å². The summed E-state index contributed by atoms with van der Waals surface area (Å²) in [5.74, 6) is 0.836. The molecule has 0 saturated carbocycles. The van der Waals surface area contributed by atoms with E-state index >= 15 is 0 Å². The molecule has 0 unspecified atom stereocenters. The Labute approximate surface area is 122 Å². The van der Waals surface area contributed by atoms with E-state index in [4.69, 9.17) is 10.1 Å². The molecule has 0 aromatic heterocycles. The first-order valence-electron chi connectivity index (χ1n) is 6.82. The SMILES string of the molecule is CCCCCCCOc1ccc([N+]#N)cc1.F[B-](F)(F)F. The van der Waals surface area contributed by atoms with E-state index in [1.807, 2.05) is 12.1 Å². The van der Waals surface area contributed by atoms with Crippen LogP contribution in [-0.2, 0) is 0 Å². The zero-order valence-electron chi connectivity index (χ0n) is 11.9. The summed E-state index contributed by atoms with van der Waals surface area (Å²) in [7, 11) is -6.00. The summed E-state index contributed by atoms with van der Waals surface area (Å²) in [5.41, 5.74) is 0.551. The minimum atomic E-state index is -6.00. The van der Waals surface area contributed by atoms with Gasteiger partial charge in [0.25, 0.3) is 0 Å². The quantitative estimate of drug-likeness (QED) is 0.275. The van der Waals surface area contributed by atoms with Gasteiger partial charge in [0.2, 0.25) is 5.39 Å². The number of nitrogens with zero attached hydrogens (tertiary/aromatic N) is 2. The van der Waals surface area contributed by atoms with E-state index in [0.717, 1.165) is 18.8 Å². The smallest absolute Gasteiger partial charge is 0.494 e. The number of rotatable bonds is 7. The van der Waals surface area contributed by atoms with Crippen molar-refractivity contribution in [3.63, 3.8) is 0 Å². The van der Waals surface area contributed by atoms with Gasteiger partial charge in [-0.05, 0) is 18.6 Å². The number of benzene rings is 1. The lowest BCUT2D eigenvalue weighted by Gasteiger charge is -2.04. The highest BCUT2D eigenvalue weighted by Gasteiger charge is 2.20. The van der Waals surface area contributed by atoms with Gasteiger partial charge < -0.3 is 22.0 Å². The zero-order chi connectivity index (χ0) is 16.1. The second-order valence-corrected chi connectivity index (χ2v) is 4.35. The molecule has 0 atom stereocenters. The molecule has 1 aromatic carbocycles. The number of ether oxygens (including phenoxy) is 1. The van der Waals surface area contributed by atoms with Crippen LogP contribution in [0.4, 0.5) is 23.0 Å². The van der Waals surface area contributed by atoms with Crippen molar-refractivity contribution in [2.75, 3.05) is 6.61 Å². The molecule has 1 rings (SSSR count). The van der Waals surface area contributed by atoms with Crippen LogP contribution >= 0.6 is 0 Å². The molecule has 0 radical (unpaired) electrons. The standard InChI is InChI=1S/C13H19N2O.BF4/c1-2-3-4-5-6-11-16-13-9-7-12(15-14)8-10-13;2-1(3,4)5/h7-10H,2-6,11H2,1H3;/q+1;-1. The van der Waals surface area contributed by atoms with Crippen LogP contribution in [0.5, 0.6) is 5.75 Å². The van der Waals surface area contributed by atoms with E-state index in [1.54, 1.807) is 12.1 Å². The first-order valence-corrected chi connectivity index (χ1v) is 6.82. The third kappa shape index (κ3) is 14.4. The monoisotopic (exact) mass is 306 g/mol. The molecule has 0 aliphatic heterocycles. The molecule has 0 heterocycles. The molecule has 0 fully saturated rings. The molecule has 0 spiro atoms. The van der Waals surface area contributed by atoms with E-state index in [2.05, 4.69) is 11.9 Å². The van der Waals surface area contributed by atoms with Crippen LogP contribution in [0.15, 0.2) is 24.3 Å². The number of halogens is 4. The molecule has 0 bridgehead atoms. The Morgan fingerprint density at radius 2 is 1.52 bits per heavy atom. The Kier molecular flexibility index (Phi) is 10.0. The van der Waals surface area contributed by atoms with Gasteiger partial charge in [-0.25, -0.2) is 0 Å². The fourth-order valence-electron chi connectivity index (χ4n) is 1.50. The van der Waals surface area contributed by atoms with E-state index in [0.29, 0.717) is 5.69 Å². The molecule has 0 amide bonds. The largest absolute Gasteiger partial charge is 0.673 e. The van der Waals surface area contributed by atoms with Crippen molar-refractivity contribution in [3.05, 3.63) is 29.2 Å².